The second-order valence-corrected chi connectivity index (χ2v) is 29.9. The normalized spacial score (nSPS) is 13.3. The Morgan fingerprint density at radius 3 is 0.950 bits per heavy atom. The predicted molar refractivity (Wildman–Crippen MR) is 435 cm³/mol. The Kier molecular flexibility index (Phi) is 24.4. The first-order chi connectivity index (χ1) is 49.9. The number of unbranched alkanes of at least 4 members (excludes halogenated alkanes) is 20. The van der Waals surface area contributed by atoms with Crippen molar-refractivity contribution in [1.29, 1.82) is 0 Å². The van der Waals surface area contributed by atoms with E-state index in [1.165, 1.54) is 266 Å². The van der Waals surface area contributed by atoms with Crippen LogP contribution >= 0.6 is 11.7 Å². The molecule has 3 heterocycles. The van der Waals surface area contributed by atoms with Crippen LogP contribution in [0.2, 0.25) is 0 Å². The Hall–Kier alpha value is -8.64. The molecule has 516 valence electrons. The van der Waals surface area contributed by atoms with Gasteiger partial charge >= 0.3 is 0 Å². The van der Waals surface area contributed by atoms with Crippen LogP contribution in [0.15, 0.2) is 207 Å². The maximum absolute atomic E-state index is 5.07. The van der Waals surface area contributed by atoms with E-state index in [9.17, 15) is 0 Å². The molecular formula is C96H106N4S. The van der Waals surface area contributed by atoms with Crippen molar-refractivity contribution in [2.24, 2.45) is 0 Å². The molecule has 0 spiro atoms. The number of pyridine rings is 2. The van der Waals surface area contributed by atoms with Gasteiger partial charge in [-0.25, -0.2) is 0 Å². The lowest BCUT2D eigenvalue weighted by atomic mass is 9.69. The number of fused-ring (bicyclic) bond motifs is 7. The lowest BCUT2D eigenvalue weighted by Gasteiger charge is -2.34. The monoisotopic (exact) mass is 1350 g/mol. The molecule has 0 saturated heterocycles. The molecule has 4 nitrogen and oxygen atoms in total. The molecule has 0 aliphatic heterocycles. The van der Waals surface area contributed by atoms with Crippen molar-refractivity contribution < 1.29 is 0 Å². The first-order valence-corrected chi connectivity index (χ1v) is 40.0. The minimum atomic E-state index is -0.186. The van der Waals surface area contributed by atoms with Crippen molar-refractivity contribution in [3.63, 3.8) is 0 Å². The van der Waals surface area contributed by atoms with Crippen LogP contribution in [-0.4, -0.2) is 18.7 Å². The van der Waals surface area contributed by atoms with Crippen LogP contribution in [-0.2, 0) is 10.8 Å². The van der Waals surface area contributed by atoms with Crippen LogP contribution in [0, 0.1) is 0 Å². The third kappa shape index (κ3) is 16.2. The van der Waals surface area contributed by atoms with Gasteiger partial charge in [-0.05, 0) is 198 Å². The first-order valence-electron chi connectivity index (χ1n) is 39.2. The van der Waals surface area contributed by atoms with E-state index in [2.05, 4.69) is 244 Å². The van der Waals surface area contributed by atoms with Crippen LogP contribution < -0.4 is 0 Å². The molecule has 11 aromatic rings. The number of hydrogen-bond donors (Lipinski definition) is 0. The zero-order valence-electron chi connectivity index (χ0n) is 60.9. The van der Waals surface area contributed by atoms with E-state index < -0.39 is 0 Å². The molecule has 0 unspecified atom stereocenters. The molecule has 0 radical (unpaired) electrons. The average molecular weight is 1350 g/mol. The summed E-state index contributed by atoms with van der Waals surface area (Å²) < 4.78 is 10.1. The minimum absolute atomic E-state index is 0.116. The maximum atomic E-state index is 5.07. The highest BCUT2D eigenvalue weighted by Crippen LogP contribution is 2.58. The summed E-state index contributed by atoms with van der Waals surface area (Å²) >= 11 is 1.33. The quantitative estimate of drug-likeness (QED) is 0.0364. The molecule has 2 aliphatic carbocycles. The molecule has 13 rings (SSSR count). The second kappa shape index (κ2) is 34.8. The summed E-state index contributed by atoms with van der Waals surface area (Å²) in [6.07, 6.45) is 52.1. The van der Waals surface area contributed by atoms with Gasteiger partial charge < -0.3 is 0 Å². The van der Waals surface area contributed by atoms with Gasteiger partial charge in [0.25, 0.3) is 0 Å². The van der Waals surface area contributed by atoms with Crippen LogP contribution in [0.3, 0.4) is 0 Å². The van der Waals surface area contributed by atoms with E-state index in [4.69, 9.17) is 8.75 Å². The smallest absolute Gasteiger partial charge is 0.113 e. The van der Waals surface area contributed by atoms with Crippen molar-refractivity contribution in [1.82, 2.24) is 18.7 Å². The number of aromatic nitrogens is 4. The number of rotatable bonds is 37. The van der Waals surface area contributed by atoms with Crippen molar-refractivity contribution in [2.75, 3.05) is 0 Å². The van der Waals surface area contributed by atoms with Gasteiger partial charge in [-0.1, -0.05) is 327 Å². The highest BCUT2D eigenvalue weighted by atomic mass is 32.1. The van der Waals surface area contributed by atoms with Gasteiger partial charge in [0.1, 0.15) is 11.0 Å². The van der Waals surface area contributed by atoms with E-state index in [1.54, 1.807) is 0 Å². The van der Waals surface area contributed by atoms with E-state index >= 15 is 0 Å². The fraction of sp³-hybridized carbons (Fsp3) is 0.354. The Bertz CT molecular complexity index is 4510. The molecule has 2 aliphatic rings. The second-order valence-electron chi connectivity index (χ2n) is 29.4. The fourth-order valence-electron chi connectivity index (χ4n) is 17.1. The Balaban J connectivity index is 0.984. The van der Waals surface area contributed by atoms with Crippen LogP contribution in [0.4, 0.5) is 0 Å². The van der Waals surface area contributed by atoms with E-state index in [0.29, 0.717) is 0 Å². The molecule has 0 amide bonds. The summed E-state index contributed by atoms with van der Waals surface area (Å²) in [4.78, 5) is 8.92. The summed E-state index contributed by atoms with van der Waals surface area (Å²) in [6.45, 7) is 9.35. The van der Waals surface area contributed by atoms with E-state index in [-0.39, 0.29) is 10.8 Å². The van der Waals surface area contributed by atoms with Gasteiger partial charge in [-0.15, -0.1) is 0 Å². The van der Waals surface area contributed by atoms with Crippen LogP contribution in [0.25, 0.3) is 113 Å². The highest BCUT2D eigenvalue weighted by Gasteiger charge is 2.45. The lowest BCUT2D eigenvalue weighted by molar-refractivity contribution is 0.398. The highest BCUT2D eigenvalue weighted by molar-refractivity contribution is 7.00. The van der Waals surface area contributed by atoms with Crippen LogP contribution in [0.5, 0.6) is 0 Å². The molecule has 0 N–H and O–H groups in total. The maximum Gasteiger partial charge on any atom is 0.113 e. The van der Waals surface area contributed by atoms with Gasteiger partial charge in [0.15, 0.2) is 0 Å². The van der Waals surface area contributed by atoms with Gasteiger partial charge in [0, 0.05) is 46.7 Å². The summed E-state index contributed by atoms with van der Waals surface area (Å²) in [5, 5.41) is 0. The van der Waals surface area contributed by atoms with Gasteiger partial charge in [0.2, 0.25) is 0 Å². The predicted octanol–water partition coefficient (Wildman–Crippen LogP) is 28.7. The van der Waals surface area contributed by atoms with Crippen molar-refractivity contribution >= 4 is 47.1 Å². The minimum Gasteiger partial charge on any atom is -0.265 e. The Morgan fingerprint density at radius 1 is 0.267 bits per heavy atom. The molecular weight excluding hydrogens is 1240 g/mol. The van der Waals surface area contributed by atoms with Crippen molar-refractivity contribution in [3.05, 3.63) is 251 Å². The number of benzene rings is 8. The zero-order chi connectivity index (χ0) is 69.1. The SMILES string of the molecule is CCCCCCCCC1(CCCCCCCC)c2cc(-c3ccccc3)ccc2-c2ccc(-c3cc(/C=C/c4ccncc4)c(-c4ccc5c(c4)C(CCCCCCCC)(CCCCCCCC)c4cc(-c6ccc(-c7ccccc7)c7nsnc67)ccc4-5)cc3/C=C/c3ccncc3)cc21. The van der Waals surface area contributed by atoms with Crippen LogP contribution in [0.1, 0.15) is 252 Å². The van der Waals surface area contributed by atoms with Gasteiger partial charge in [-0.3, -0.25) is 9.97 Å². The number of nitrogens with zero attached hydrogens (tertiary/aromatic N) is 4. The van der Waals surface area contributed by atoms with E-state index in [0.717, 1.165) is 59.0 Å². The molecule has 0 fully saturated rings. The molecule has 8 aromatic carbocycles. The molecule has 101 heavy (non-hydrogen) atoms. The topological polar surface area (TPSA) is 51.6 Å². The summed E-state index contributed by atoms with van der Waals surface area (Å²) in [7, 11) is 0. The zero-order valence-corrected chi connectivity index (χ0v) is 61.8. The van der Waals surface area contributed by atoms with Gasteiger partial charge in [-0.2, -0.15) is 8.75 Å². The van der Waals surface area contributed by atoms with Crippen molar-refractivity contribution in [3.8, 4) is 77.9 Å². The first kappa shape index (κ1) is 70.8. The number of hydrogen-bond acceptors (Lipinski definition) is 5. The third-order valence-electron chi connectivity index (χ3n) is 22.6. The fourth-order valence-corrected chi connectivity index (χ4v) is 17.7. The van der Waals surface area contributed by atoms with E-state index in [1.807, 2.05) is 24.8 Å². The van der Waals surface area contributed by atoms with Gasteiger partial charge in [0.05, 0.1) is 11.7 Å². The molecule has 5 heteroatoms. The average Bonchev–Trinajstić information content (AvgIpc) is 1.57. The summed E-state index contributed by atoms with van der Waals surface area (Å²) in [6, 6.07) is 70.3. The molecule has 0 bridgehead atoms. The molecule has 0 saturated carbocycles. The summed E-state index contributed by atoms with van der Waals surface area (Å²) in [5.74, 6) is 0. The molecule has 3 aromatic heterocycles. The van der Waals surface area contributed by atoms with Crippen molar-refractivity contribution in [2.45, 2.75) is 218 Å². The third-order valence-corrected chi connectivity index (χ3v) is 23.2. The Labute approximate surface area is 609 Å². The largest absolute Gasteiger partial charge is 0.265 e. The molecule has 0 atom stereocenters. The summed E-state index contributed by atoms with van der Waals surface area (Å²) in [5.41, 5.74) is 30.3. The standard InChI is InChI=1S/C96H106N4S/c1-5-9-13-17-21-31-57-95(58-32-22-18-14-10-6-2)89-67-75(73-35-27-25-28-36-73)43-47-83(89)85-49-45-79(69-91(85)95)87-65-77(42-40-72-55-63-98-64-56-72)88(66-76(87)41-39-71-53-61-97-62-54-71)80-46-50-86-84-48-44-78(82-52-51-81(74-37-29-26-30-38-74)93-94(82)100-101-99-93)68-90(84)96(92(86)70-80,59-33-23-19-15-11-7-3)60-34-24-20-16-12-8-4/h25-30,35-56,61-70H,5-24,31-34,57-60H2,1-4H3/b41-39+,42-40+. The Morgan fingerprint density at radius 2 is 0.574 bits per heavy atom. The lowest BCUT2D eigenvalue weighted by Crippen LogP contribution is -2.25.